The Morgan fingerprint density at radius 1 is 1.35 bits per heavy atom. The number of hydrogen-bond donors (Lipinski definition) is 1. The SMILES string of the molecule is CCCCC(c1cccc(OCC)c1)N1CCC(C(=O)O)CC1. The molecule has 0 aliphatic carbocycles. The topological polar surface area (TPSA) is 49.8 Å². The monoisotopic (exact) mass is 319 g/mol. The number of ether oxygens (including phenoxy) is 1. The molecule has 0 saturated carbocycles. The third-order valence-electron chi connectivity index (χ3n) is 4.70. The van der Waals surface area contributed by atoms with Gasteiger partial charge in [-0.3, -0.25) is 9.69 Å². The van der Waals surface area contributed by atoms with Gasteiger partial charge in [-0.2, -0.15) is 0 Å². The van der Waals surface area contributed by atoms with Crippen LogP contribution in [0.25, 0.3) is 0 Å². The maximum absolute atomic E-state index is 11.2. The van der Waals surface area contributed by atoms with Crippen LogP contribution in [0.15, 0.2) is 24.3 Å². The van der Waals surface area contributed by atoms with Gasteiger partial charge in [0.1, 0.15) is 5.75 Å². The Kier molecular flexibility index (Phi) is 6.90. The van der Waals surface area contributed by atoms with Crippen LogP contribution in [0.2, 0.25) is 0 Å². The Morgan fingerprint density at radius 3 is 2.70 bits per heavy atom. The van der Waals surface area contributed by atoms with E-state index in [0.717, 1.165) is 38.1 Å². The second-order valence-electron chi connectivity index (χ2n) is 6.31. The third-order valence-corrected chi connectivity index (χ3v) is 4.70. The highest BCUT2D eigenvalue weighted by molar-refractivity contribution is 5.70. The summed E-state index contributed by atoms with van der Waals surface area (Å²) in [6.45, 7) is 6.61. The summed E-state index contributed by atoms with van der Waals surface area (Å²) < 4.78 is 5.64. The zero-order valence-electron chi connectivity index (χ0n) is 14.3. The van der Waals surface area contributed by atoms with Crippen LogP contribution in [0.4, 0.5) is 0 Å². The lowest BCUT2D eigenvalue weighted by Crippen LogP contribution is -2.38. The normalized spacial score (nSPS) is 17.8. The molecule has 1 N–H and O–H groups in total. The molecule has 1 aliphatic rings. The van der Waals surface area contributed by atoms with E-state index in [2.05, 4.69) is 30.0 Å². The summed E-state index contributed by atoms with van der Waals surface area (Å²) in [6, 6.07) is 8.74. The zero-order chi connectivity index (χ0) is 16.7. The summed E-state index contributed by atoms with van der Waals surface area (Å²) in [5, 5.41) is 9.18. The maximum atomic E-state index is 11.2. The second kappa shape index (κ2) is 8.92. The average molecular weight is 319 g/mol. The Morgan fingerprint density at radius 2 is 2.09 bits per heavy atom. The smallest absolute Gasteiger partial charge is 0.306 e. The fourth-order valence-corrected chi connectivity index (χ4v) is 3.39. The number of carboxylic acid groups (broad SMARTS) is 1. The van der Waals surface area contributed by atoms with Gasteiger partial charge in [0.25, 0.3) is 0 Å². The van der Waals surface area contributed by atoms with Gasteiger partial charge in [-0.25, -0.2) is 0 Å². The Bertz CT molecular complexity index is 495. The van der Waals surface area contributed by atoms with Crippen molar-refractivity contribution in [1.29, 1.82) is 0 Å². The molecule has 1 fully saturated rings. The van der Waals surface area contributed by atoms with E-state index in [1.807, 2.05) is 13.0 Å². The fraction of sp³-hybridized carbons (Fsp3) is 0.632. The molecule has 1 unspecified atom stereocenters. The highest BCUT2D eigenvalue weighted by Gasteiger charge is 2.29. The van der Waals surface area contributed by atoms with E-state index in [1.165, 1.54) is 18.4 Å². The molecule has 1 saturated heterocycles. The molecule has 0 radical (unpaired) electrons. The van der Waals surface area contributed by atoms with Crippen LogP contribution in [0.3, 0.4) is 0 Å². The number of benzene rings is 1. The van der Waals surface area contributed by atoms with E-state index in [0.29, 0.717) is 12.6 Å². The molecule has 4 heteroatoms. The largest absolute Gasteiger partial charge is 0.494 e. The Balaban J connectivity index is 2.10. The van der Waals surface area contributed by atoms with E-state index < -0.39 is 5.97 Å². The predicted octanol–water partition coefficient (Wildman–Crippen LogP) is 4.11. The molecule has 4 nitrogen and oxygen atoms in total. The van der Waals surface area contributed by atoms with Crippen LogP contribution >= 0.6 is 0 Å². The molecule has 1 heterocycles. The minimum absolute atomic E-state index is 0.173. The van der Waals surface area contributed by atoms with Crippen molar-refractivity contribution in [2.24, 2.45) is 5.92 Å². The van der Waals surface area contributed by atoms with E-state index in [-0.39, 0.29) is 5.92 Å². The molecule has 0 aromatic heterocycles. The van der Waals surface area contributed by atoms with Gasteiger partial charge in [0, 0.05) is 6.04 Å². The predicted molar refractivity (Wildman–Crippen MR) is 91.8 cm³/mol. The molecule has 0 spiro atoms. The minimum atomic E-state index is -0.645. The van der Waals surface area contributed by atoms with Crippen LogP contribution in [-0.4, -0.2) is 35.7 Å². The van der Waals surface area contributed by atoms with Crippen LogP contribution in [-0.2, 0) is 4.79 Å². The van der Waals surface area contributed by atoms with Gasteiger partial charge in [-0.1, -0.05) is 31.9 Å². The molecule has 0 bridgehead atoms. The number of carbonyl (C=O) groups is 1. The summed E-state index contributed by atoms with van der Waals surface area (Å²) in [4.78, 5) is 13.6. The number of carboxylic acids is 1. The second-order valence-corrected chi connectivity index (χ2v) is 6.31. The van der Waals surface area contributed by atoms with Crippen LogP contribution < -0.4 is 4.74 Å². The molecular weight excluding hydrogens is 290 g/mol. The maximum Gasteiger partial charge on any atom is 0.306 e. The number of rotatable bonds is 8. The summed E-state index contributed by atoms with van der Waals surface area (Å²) >= 11 is 0. The van der Waals surface area contributed by atoms with E-state index >= 15 is 0 Å². The first-order valence-corrected chi connectivity index (χ1v) is 8.85. The van der Waals surface area contributed by atoms with Gasteiger partial charge in [0.2, 0.25) is 0 Å². The van der Waals surface area contributed by atoms with Gasteiger partial charge >= 0.3 is 5.97 Å². The molecule has 1 aromatic rings. The molecular formula is C19H29NO3. The van der Waals surface area contributed by atoms with E-state index in [1.54, 1.807) is 0 Å². The average Bonchev–Trinajstić information content (AvgIpc) is 2.56. The number of nitrogens with zero attached hydrogens (tertiary/aromatic N) is 1. The Labute approximate surface area is 139 Å². The first-order chi connectivity index (χ1) is 11.2. The number of likely N-dealkylation sites (tertiary alicyclic amines) is 1. The van der Waals surface area contributed by atoms with Crippen molar-refractivity contribution >= 4 is 5.97 Å². The lowest BCUT2D eigenvalue weighted by molar-refractivity contribution is -0.143. The third kappa shape index (κ3) is 4.96. The van der Waals surface area contributed by atoms with Gasteiger partial charge in [-0.05, 0) is 57.0 Å². The summed E-state index contributed by atoms with van der Waals surface area (Å²) in [5.41, 5.74) is 1.29. The molecule has 1 aliphatic heterocycles. The molecule has 2 rings (SSSR count). The summed E-state index contributed by atoms with van der Waals surface area (Å²) in [6.07, 6.45) is 4.98. The lowest BCUT2D eigenvalue weighted by atomic mass is 9.92. The van der Waals surface area contributed by atoms with Crippen molar-refractivity contribution in [3.63, 3.8) is 0 Å². The van der Waals surface area contributed by atoms with Crippen LogP contribution in [0.5, 0.6) is 5.75 Å². The quantitative estimate of drug-likeness (QED) is 0.783. The van der Waals surface area contributed by atoms with Gasteiger partial charge in [0.05, 0.1) is 12.5 Å². The molecule has 0 amide bonds. The number of piperidine rings is 1. The first kappa shape index (κ1) is 17.8. The lowest BCUT2D eigenvalue weighted by Gasteiger charge is -2.37. The van der Waals surface area contributed by atoms with Crippen molar-refractivity contribution in [2.75, 3.05) is 19.7 Å². The molecule has 1 aromatic carbocycles. The van der Waals surface area contributed by atoms with Crippen molar-refractivity contribution in [3.8, 4) is 5.75 Å². The van der Waals surface area contributed by atoms with E-state index in [4.69, 9.17) is 4.74 Å². The van der Waals surface area contributed by atoms with Crippen LogP contribution in [0.1, 0.15) is 57.6 Å². The van der Waals surface area contributed by atoms with Crippen molar-refractivity contribution < 1.29 is 14.6 Å². The fourth-order valence-electron chi connectivity index (χ4n) is 3.39. The Hall–Kier alpha value is -1.55. The van der Waals surface area contributed by atoms with Gasteiger partial charge in [-0.15, -0.1) is 0 Å². The highest BCUT2D eigenvalue weighted by atomic mass is 16.5. The summed E-state index contributed by atoms with van der Waals surface area (Å²) in [7, 11) is 0. The van der Waals surface area contributed by atoms with Gasteiger partial charge < -0.3 is 9.84 Å². The zero-order valence-corrected chi connectivity index (χ0v) is 14.3. The van der Waals surface area contributed by atoms with E-state index in [9.17, 15) is 9.90 Å². The molecule has 23 heavy (non-hydrogen) atoms. The number of hydrogen-bond acceptors (Lipinski definition) is 3. The number of unbranched alkanes of at least 4 members (excludes halogenated alkanes) is 1. The molecule has 1 atom stereocenters. The van der Waals surface area contributed by atoms with Crippen molar-refractivity contribution in [3.05, 3.63) is 29.8 Å². The van der Waals surface area contributed by atoms with Gasteiger partial charge in [0.15, 0.2) is 0 Å². The minimum Gasteiger partial charge on any atom is -0.494 e. The first-order valence-electron chi connectivity index (χ1n) is 8.85. The molecule has 128 valence electrons. The van der Waals surface area contributed by atoms with Crippen molar-refractivity contribution in [1.82, 2.24) is 4.90 Å². The number of aliphatic carboxylic acids is 1. The summed E-state index contributed by atoms with van der Waals surface area (Å²) in [5.74, 6) is 0.104. The highest BCUT2D eigenvalue weighted by Crippen LogP contribution is 2.32. The van der Waals surface area contributed by atoms with Crippen molar-refractivity contribution in [2.45, 2.75) is 52.0 Å². The van der Waals surface area contributed by atoms with Crippen LogP contribution in [0, 0.1) is 5.92 Å². The standard InChI is InChI=1S/C19H29NO3/c1-3-5-9-18(16-7-6-8-17(14-16)23-4-2)20-12-10-15(11-13-20)19(21)22/h6-8,14-15,18H,3-5,9-13H2,1-2H3,(H,21,22).